The zero-order valence-corrected chi connectivity index (χ0v) is 11.9. The summed E-state index contributed by atoms with van der Waals surface area (Å²) in [4.78, 5) is 0. The second-order valence-electron chi connectivity index (χ2n) is 4.86. The highest BCUT2D eigenvalue weighted by molar-refractivity contribution is 5.82. The summed E-state index contributed by atoms with van der Waals surface area (Å²) in [6.45, 7) is 4.83. The Hall–Kier alpha value is -1.32. The van der Waals surface area contributed by atoms with Crippen molar-refractivity contribution in [2.75, 3.05) is 20.3 Å². The zero-order valence-electron chi connectivity index (χ0n) is 11.9. The Morgan fingerprint density at radius 1 is 1.16 bits per heavy atom. The van der Waals surface area contributed by atoms with Crippen molar-refractivity contribution in [1.82, 2.24) is 5.32 Å². The van der Waals surface area contributed by atoms with E-state index in [0.717, 1.165) is 37.5 Å². The maximum atomic E-state index is 5.75. The average molecular weight is 261 g/mol. The van der Waals surface area contributed by atoms with Gasteiger partial charge in [0.2, 0.25) is 0 Å². The molecule has 0 aliphatic rings. The Balaban J connectivity index is 1.80. The van der Waals surface area contributed by atoms with Gasteiger partial charge in [0.05, 0.1) is 0 Å². The molecule has 0 spiro atoms. The summed E-state index contributed by atoms with van der Waals surface area (Å²) in [6.07, 6.45) is 3.55. The van der Waals surface area contributed by atoms with Gasteiger partial charge in [0.25, 0.3) is 0 Å². The molecule has 0 fully saturated rings. The van der Waals surface area contributed by atoms with Crippen LogP contribution in [-0.2, 0) is 11.3 Å². The van der Waals surface area contributed by atoms with Crippen molar-refractivity contribution in [3.05, 3.63) is 35.6 Å². The molecule has 3 nitrogen and oxygen atoms in total. The lowest BCUT2D eigenvalue weighted by molar-refractivity contribution is 0.192. The third-order valence-corrected chi connectivity index (χ3v) is 3.40. The van der Waals surface area contributed by atoms with E-state index in [1.807, 2.05) is 19.1 Å². The minimum atomic E-state index is 0.867. The standard InChI is InChI=1S/C16H23NO2/c1-13-15(12-17-10-6-3-7-11-18-2)14-8-4-5-9-16(14)19-13/h4-5,8-9,17H,3,6-7,10-12H2,1-2H3. The Bertz CT molecular complexity index is 504. The summed E-state index contributed by atoms with van der Waals surface area (Å²) in [5.41, 5.74) is 2.27. The predicted octanol–water partition coefficient (Wildman–Crippen LogP) is 3.65. The van der Waals surface area contributed by atoms with Gasteiger partial charge in [-0.05, 0) is 38.8 Å². The van der Waals surface area contributed by atoms with Crippen molar-refractivity contribution in [3.8, 4) is 0 Å². The van der Waals surface area contributed by atoms with Gasteiger partial charge in [-0.2, -0.15) is 0 Å². The molecule has 0 aliphatic heterocycles. The van der Waals surface area contributed by atoms with Crippen molar-refractivity contribution < 1.29 is 9.15 Å². The number of fused-ring (bicyclic) bond motifs is 1. The average Bonchev–Trinajstić information content (AvgIpc) is 2.74. The topological polar surface area (TPSA) is 34.4 Å². The lowest BCUT2D eigenvalue weighted by Crippen LogP contribution is -2.15. The number of hydrogen-bond donors (Lipinski definition) is 1. The second kappa shape index (κ2) is 7.31. The van der Waals surface area contributed by atoms with Crippen molar-refractivity contribution in [2.24, 2.45) is 0 Å². The van der Waals surface area contributed by atoms with E-state index in [0.29, 0.717) is 0 Å². The minimum Gasteiger partial charge on any atom is -0.461 e. The first-order valence-corrected chi connectivity index (χ1v) is 6.99. The van der Waals surface area contributed by atoms with Crippen LogP contribution in [0, 0.1) is 6.92 Å². The van der Waals surface area contributed by atoms with Crippen LogP contribution in [0.2, 0.25) is 0 Å². The maximum Gasteiger partial charge on any atom is 0.134 e. The maximum absolute atomic E-state index is 5.75. The van der Waals surface area contributed by atoms with Gasteiger partial charge >= 0.3 is 0 Å². The van der Waals surface area contributed by atoms with Crippen LogP contribution in [0.25, 0.3) is 11.0 Å². The van der Waals surface area contributed by atoms with Gasteiger partial charge in [0, 0.05) is 31.2 Å². The van der Waals surface area contributed by atoms with E-state index in [2.05, 4.69) is 17.4 Å². The minimum absolute atomic E-state index is 0.867. The van der Waals surface area contributed by atoms with Crippen LogP contribution < -0.4 is 5.32 Å². The summed E-state index contributed by atoms with van der Waals surface area (Å²) < 4.78 is 10.8. The van der Waals surface area contributed by atoms with Crippen LogP contribution in [0.3, 0.4) is 0 Å². The molecule has 3 heteroatoms. The number of para-hydroxylation sites is 1. The number of aryl methyl sites for hydroxylation is 1. The molecule has 0 amide bonds. The number of nitrogens with one attached hydrogen (secondary N) is 1. The highest BCUT2D eigenvalue weighted by Gasteiger charge is 2.09. The number of rotatable bonds is 8. The normalized spacial score (nSPS) is 11.3. The molecule has 2 rings (SSSR count). The molecular formula is C16H23NO2. The van der Waals surface area contributed by atoms with E-state index in [9.17, 15) is 0 Å². The van der Waals surface area contributed by atoms with Crippen molar-refractivity contribution in [1.29, 1.82) is 0 Å². The highest BCUT2D eigenvalue weighted by Crippen LogP contribution is 2.24. The molecule has 1 aromatic carbocycles. The molecule has 0 bridgehead atoms. The number of benzene rings is 1. The van der Waals surface area contributed by atoms with Crippen LogP contribution in [0.5, 0.6) is 0 Å². The van der Waals surface area contributed by atoms with E-state index in [4.69, 9.17) is 9.15 Å². The third kappa shape index (κ3) is 3.82. The van der Waals surface area contributed by atoms with Gasteiger partial charge in [-0.1, -0.05) is 18.2 Å². The van der Waals surface area contributed by atoms with E-state index < -0.39 is 0 Å². The quantitative estimate of drug-likeness (QED) is 0.737. The van der Waals surface area contributed by atoms with E-state index >= 15 is 0 Å². The molecule has 2 aromatic rings. The van der Waals surface area contributed by atoms with Crippen LogP contribution in [0.4, 0.5) is 0 Å². The van der Waals surface area contributed by atoms with E-state index in [-0.39, 0.29) is 0 Å². The summed E-state index contributed by atoms with van der Waals surface area (Å²) in [7, 11) is 1.75. The summed E-state index contributed by atoms with van der Waals surface area (Å²) in [6, 6.07) is 8.22. The van der Waals surface area contributed by atoms with Crippen LogP contribution in [0.1, 0.15) is 30.6 Å². The zero-order chi connectivity index (χ0) is 13.5. The molecule has 0 radical (unpaired) electrons. The first kappa shape index (κ1) is 14.1. The van der Waals surface area contributed by atoms with Crippen LogP contribution in [0.15, 0.2) is 28.7 Å². The molecular weight excluding hydrogens is 238 g/mol. The lowest BCUT2D eigenvalue weighted by Gasteiger charge is -2.04. The van der Waals surface area contributed by atoms with E-state index in [1.165, 1.54) is 23.8 Å². The largest absolute Gasteiger partial charge is 0.461 e. The molecule has 1 aromatic heterocycles. The van der Waals surface area contributed by atoms with Crippen molar-refractivity contribution in [2.45, 2.75) is 32.7 Å². The lowest BCUT2D eigenvalue weighted by atomic mass is 10.1. The summed E-state index contributed by atoms with van der Waals surface area (Å²) in [5, 5.41) is 4.73. The van der Waals surface area contributed by atoms with Gasteiger partial charge in [-0.15, -0.1) is 0 Å². The SMILES string of the molecule is COCCCCCNCc1c(C)oc2ccccc12. The monoisotopic (exact) mass is 261 g/mol. The molecule has 104 valence electrons. The third-order valence-electron chi connectivity index (χ3n) is 3.40. The molecule has 1 N–H and O–H groups in total. The number of methoxy groups -OCH3 is 1. The Morgan fingerprint density at radius 2 is 2.00 bits per heavy atom. The van der Waals surface area contributed by atoms with Crippen LogP contribution >= 0.6 is 0 Å². The molecule has 0 saturated heterocycles. The van der Waals surface area contributed by atoms with Gasteiger partial charge < -0.3 is 14.5 Å². The fraction of sp³-hybridized carbons (Fsp3) is 0.500. The van der Waals surface area contributed by atoms with Gasteiger partial charge in [-0.25, -0.2) is 0 Å². The van der Waals surface area contributed by atoms with Gasteiger partial charge in [-0.3, -0.25) is 0 Å². The highest BCUT2D eigenvalue weighted by atomic mass is 16.5. The van der Waals surface area contributed by atoms with Gasteiger partial charge in [0.1, 0.15) is 11.3 Å². The Labute approximate surface area is 114 Å². The smallest absolute Gasteiger partial charge is 0.134 e. The van der Waals surface area contributed by atoms with Crippen molar-refractivity contribution >= 4 is 11.0 Å². The molecule has 19 heavy (non-hydrogen) atoms. The molecule has 0 aliphatic carbocycles. The fourth-order valence-corrected chi connectivity index (χ4v) is 2.33. The number of hydrogen-bond acceptors (Lipinski definition) is 3. The van der Waals surface area contributed by atoms with Crippen LogP contribution in [-0.4, -0.2) is 20.3 Å². The summed E-state index contributed by atoms with van der Waals surface area (Å²) >= 11 is 0. The van der Waals surface area contributed by atoms with Gasteiger partial charge in [0.15, 0.2) is 0 Å². The fourth-order valence-electron chi connectivity index (χ4n) is 2.33. The molecule has 1 heterocycles. The number of ether oxygens (including phenoxy) is 1. The summed E-state index contributed by atoms with van der Waals surface area (Å²) in [5.74, 6) is 1.02. The molecule has 0 atom stereocenters. The number of unbranched alkanes of at least 4 members (excludes halogenated alkanes) is 2. The first-order chi connectivity index (χ1) is 9.33. The molecule has 0 saturated carbocycles. The second-order valence-corrected chi connectivity index (χ2v) is 4.86. The van der Waals surface area contributed by atoms with Crippen molar-refractivity contribution in [3.63, 3.8) is 0 Å². The Morgan fingerprint density at radius 3 is 2.84 bits per heavy atom. The van der Waals surface area contributed by atoms with E-state index in [1.54, 1.807) is 7.11 Å². The first-order valence-electron chi connectivity index (χ1n) is 6.99. The molecule has 0 unspecified atom stereocenters. The predicted molar refractivity (Wildman–Crippen MR) is 78.4 cm³/mol. The Kier molecular flexibility index (Phi) is 5.43. The number of furan rings is 1.